The van der Waals surface area contributed by atoms with E-state index in [1.165, 1.54) is 0 Å². The molecule has 0 radical (unpaired) electrons. The van der Waals surface area contributed by atoms with Crippen LogP contribution in [0.5, 0.6) is 11.5 Å². The fraction of sp³-hybridized carbons (Fsp3) is 0.368. The lowest BCUT2D eigenvalue weighted by Crippen LogP contribution is -2.39. The van der Waals surface area contributed by atoms with Crippen molar-refractivity contribution < 1.29 is 9.47 Å². The van der Waals surface area contributed by atoms with Crippen LogP contribution in [0.3, 0.4) is 0 Å². The highest BCUT2D eigenvalue weighted by Gasteiger charge is 2.06. The third-order valence-corrected chi connectivity index (χ3v) is 4.12. The Kier molecular flexibility index (Phi) is 8.02. The fourth-order valence-corrected chi connectivity index (χ4v) is 2.60. The molecule has 0 saturated heterocycles. The minimum atomic E-state index is 0.507. The van der Waals surface area contributed by atoms with Crippen LogP contribution in [-0.2, 0) is 12.8 Å². The predicted octanol–water partition coefficient (Wildman–Crippen LogP) is 2.70. The number of hydrogen-bond donors (Lipinski definition) is 2. The third-order valence-electron chi connectivity index (χ3n) is 3.89. The van der Waals surface area contributed by atoms with Crippen molar-refractivity contribution in [2.24, 2.45) is 4.99 Å². The minimum absolute atomic E-state index is 0.507. The van der Waals surface area contributed by atoms with E-state index in [1.807, 2.05) is 24.3 Å². The molecule has 2 rings (SSSR count). The van der Waals surface area contributed by atoms with Crippen molar-refractivity contribution in [1.82, 2.24) is 15.6 Å². The summed E-state index contributed by atoms with van der Waals surface area (Å²) in [5.41, 5.74) is 2.21. The number of guanidine groups is 1. The van der Waals surface area contributed by atoms with Crippen LogP contribution < -0.4 is 20.1 Å². The smallest absolute Gasteiger partial charge is 0.190 e. The Bertz CT molecular complexity index is 720. The lowest BCUT2D eigenvalue weighted by molar-refractivity contribution is 0.398. The van der Waals surface area contributed by atoms with E-state index in [2.05, 4.69) is 20.6 Å². The van der Waals surface area contributed by atoms with Gasteiger partial charge in [-0.1, -0.05) is 17.7 Å². The van der Waals surface area contributed by atoms with Crippen molar-refractivity contribution in [2.75, 3.05) is 34.4 Å². The Hall–Kier alpha value is -2.47. The number of nitrogens with one attached hydrogen (secondary N) is 2. The molecule has 140 valence electrons. The molecular weight excluding hydrogens is 352 g/mol. The summed E-state index contributed by atoms with van der Waals surface area (Å²) in [6.45, 7) is 1.48. The Labute approximate surface area is 159 Å². The summed E-state index contributed by atoms with van der Waals surface area (Å²) in [6, 6.07) is 9.57. The average molecular weight is 377 g/mol. The van der Waals surface area contributed by atoms with Gasteiger partial charge in [0.25, 0.3) is 0 Å². The maximum absolute atomic E-state index is 5.79. The van der Waals surface area contributed by atoms with Crippen LogP contribution in [-0.4, -0.2) is 45.3 Å². The molecule has 1 aromatic carbocycles. The van der Waals surface area contributed by atoms with Crippen LogP contribution in [0.4, 0.5) is 0 Å². The molecule has 0 spiro atoms. The molecule has 0 fully saturated rings. The van der Waals surface area contributed by atoms with E-state index < -0.39 is 0 Å². The van der Waals surface area contributed by atoms with Crippen LogP contribution >= 0.6 is 11.6 Å². The Balaban J connectivity index is 1.79. The molecule has 0 amide bonds. The minimum Gasteiger partial charge on any atom is -0.497 e. The summed E-state index contributed by atoms with van der Waals surface area (Å²) in [7, 11) is 5.09. The Morgan fingerprint density at radius 3 is 2.46 bits per heavy atom. The van der Waals surface area contributed by atoms with E-state index in [-0.39, 0.29) is 0 Å². The maximum Gasteiger partial charge on any atom is 0.190 e. The van der Waals surface area contributed by atoms with E-state index >= 15 is 0 Å². The summed E-state index contributed by atoms with van der Waals surface area (Å²) < 4.78 is 10.7. The molecule has 7 heteroatoms. The molecule has 1 heterocycles. The van der Waals surface area contributed by atoms with E-state index in [0.717, 1.165) is 54.5 Å². The first kappa shape index (κ1) is 19.8. The van der Waals surface area contributed by atoms with E-state index in [9.17, 15) is 0 Å². The van der Waals surface area contributed by atoms with Gasteiger partial charge in [0.15, 0.2) is 5.96 Å². The summed E-state index contributed by atoms with van der Waals surface area (Å²) in [5, 5.41) is 7.11. The van der Waals surface area contributed by atoms with Gasteiger partial charge in [-0.05, 0) is 48.2 Å². The molecule has 6 nitrogen and oxygen atoms in total. The van der Waals surface area contributed by atoms with E-state index in [1.54, 1.807) is 33.5 Å². The number of halogens is 1. The van der Waals surface area contributed by atoms with Crippen molar-refractivity contribution in [3.63, 3.8) is 0 Å². The molecular formula is C19H25ClN4O2. The lowest BCUT2D eigenvalue weighted by Gasteiger charge is -2.14. The largest absolute Gasteiger partial charge is 0.497 e. The first-order chi connectivity index (χ1) is 12.7. The number of methoxy groups -OCH3 is 2. The zero-order valence-electron chi connectivity index (χ0n) is 15.4. The quantitative estimate of drug-likeness (QED) is 0.421. The van der Waals surface area contributed by atoms with Gasteiger partial charge in [-0.2, -0.15) is 0 Å². The van der Waals surface area contributed by atoms with Gasteiger partial charge in [-0.3, -0.25) is 4.99 Å². The Morgan fingerprint density at radius 1 is 1.08 bits per heavy atom. The molecule has 0 unspecified atom stereocenters. The van der Waals surface area contributed by atoms with Crippen LogP contribution in [0.2, 0.25) is 5.15 Å². The zero-order valence-corrected chi connectivity index (χ0v) is 16.1. The first-order valence-electron chi connectivity index (χ1n) is 8.42. The van der Waals surface area contributed by atoms with Gasteiger partial charge < -0.3 is 20.1 Å². The van der Waals surface area contributed by atoms with Crippen LogP contribution in [0.25, 0.3) is 0 Å². The predicted molar refractivity (Wildman–Crippen MR) is 106 cm³/mol. The van der Waals surface area contributed by atoms with Crippen molar-refractivity contribution in [3.8, 4) is 11.5 Å². The van der Waals surface area contributed by atoms with Crippen molar-refractivity contribution in [3.05, 3.63) is 52.8 Å². The zero-order chi connectivity index (χ0) is 18.8. The van der Waals surface area contributed by atoms with Crippen LogP contribution in [0, 0.1) is 0 Å². The summed E-state index contributed by atoms with van der Waals surface area (Å²) in [4.78, 5) is 8.32. The van der Waals surface area contributed by atoms with Gasteiger partial charge in [0.1, 0.15) is 16.7 Å². The fourth-order valence-electron chi connectivity index (χ4n) is 2.49. The second kappa shape index (κ2) is 10.5. The number of benzene rings is 1. The molecule has 1 aromatic heterocycles. The molecule has 0 aliphatic rings. The van der Waals surface area contributed by atoms with Gasteiger partial charge in [0, 0.05) is 26.3 Å². The number of rotatable bonds is 8. The van der Waals surface area contributed by atoms with E-state index in [0.29, 0.717) is 5.15 Å². The van der Waals surface area contributed by atoms with Crippen molar-refractivity contribution in [1.29, 1.82) is 0 Å². The highest BCUT2D eigenvalue weighted by Crippen LogP contribution is 2.24. The van der Waals surface area contributed by atoms with Gasteiger partial charge in [0.2, 0.25) is 0 Å². The molecule has 0 bridgehead atoms. The highest BCUT2D eigenvalue weighted by atomic mass is 35.5. The first-order valence-corrected chi connectivity index (χ1v) is 8.80. The van der Waals surface area contributed by atoms with Crippen LogP contribution in [0.1, 0.15) is 11.1 Å². The number of nitrogens with zero attached hydrogens (tertiary/aromatic N) is 2. The normalized spacial score (nSPS) is 11.2. The number of hydrogen-bond acceptors (Lipinski definition) is 4. The summed E-state index contributed by atoms with van der Waals surface area (Å²) in [5.74, 6) is 2.43. The molecule has 0 atom stereocenters. The number of ether oxygens (including phenoxy) is 2. The van der Waals surface area contributed by atoms with Gasteiger partial charge in [-0.15, -0.1) is 0 Å². The van der Waals surface area contributed by atoms with Crippen molar-refractivity contribution in [2.45, 2.75) is 12.8 Å². The molecule has 2 aromatic rings. The highest BCUT2D eigenvalue weighted by molar-refractivity contribution is 6.29. The van der Waals surface area contributed by atoms with Gasteiger partial charge in [-0.25, -0.2) is 4.98 Å². The number of aromatic nitrogens is 1. The van der Waals surface area contributed by atoms with Gasteiger partial charge in [0.05, 0.1) is 14.2 Å². The molecule has 2 N–H and O–H groups in total. The molecule has 0 saturated carbocycles. The van der Waals surface area contributed by atoms with Gasteiger partial charge >= 0.3 is 0 Å². The van der Waals surface area contributed by atoms with E-state index in [4.69, 9.17) is 21.1 Å². The second-order valence-electron chi connectivity index (χ2n) is 5.59. The standard InChI is InChI=1S/C19H25ClN4O2/c1-21-19(22-10-8-14-4-7-18(20)24-13-14)23-11-9-15-12-16(25-2)5-6-17(15)26-3/h4-7,12-13H,8-11H2,1-3H3,(H2,21,22,23). The second-order valence-corrected chi connectivity index (χ2v) is 5.98. The maximum atomic E-state index is 5.79. The molecule has 26 heavy (non-hydrogen) atoms. The molecule has 0 aliphatic carbocycles. The monoisotopic (exact) mass is 376 g/mol. The average Bonchev–Trinajstić information content (AvgIpc) is 2.68. The summed E-state index contributed by atoms with van der Waals surface area (Å²) >= 11 is 5.79. The molecule has 0 aliphatic heterocycles. The topological polar surface area (TPSA) is 67.8 Å². The number of aliphatic imine (C=N–C) groups is 1. The number of pyridine rings is 1. The third kappa shape index (κ3) is 6.11. The Morgan fingerprint density at radius 2 is 1.85 bits per heavy atom. The van der Waals surface area contributed by atoms with Crippen molar-refractivity contribution >= 4 is 17.6 Å². The lowest BCUT2D eigenvalue weighted by atomic mass is 10.1. The summed E-state index contributed by atoms with van der Waals surface area (Å²) in [6.07, 6.45) is 3.42. The SMILES string of the molecule is CN=C(NCCc1ccc(Cl)nc1)NCCc1cc(OC)ccc1OC. The van der Waals surface area contributed by atoms with Crippen LogP contribution in [0.15, 0.2) is 41.5 Å².